The molecule has 0 radical (unpaired) electrons. The summed E-state index contributed by atoms with van der Waals surface area (Å²) in [6.45, 7) is 4.47. The molecule has 1 nitrogen and oxygen atoms in total. The fourth-order valence-corrected chi connectivity index (χ4v) is 4.09. The molecule has 0 amide bonds. The van der Waals surface area contributed by atoms with Crippen molar-refractivity contribution in [2.75, 3.05) is 0 Å². The summed E-state index contributed by atoms with van der Waals surface area (Å²) in [5.41, 5.74) is 6.89. The first-order chi connectivity index (χ1) is 9.60. The molecule has 3 rings (SSSR count). The first-order valence-corrected chi connectivity index (χ1v) is 8.64. The van der Waals surface area contributed by atoms with E-state index in [1.807, 2.05) is 6.20 Å². The van der Waals surface area contributed by atoms with Crippen molar-refractivity contribution in [2.45, 2.75) is 39.0 Å². The van der Waals surface area contributed by atoms with Gasteiger partial charge in [-0.05, 0) is 69.6 Å². The Morgan fingerprint density at radius 2 is 1.90 bits per heavy atom. The molecule has 1 aromatic carbocycles. The average Bonchev–Trinajstić information content (AvgIpc) is 2.56. The molecule has 104 valence electrons. The lowest BCUT2D eigenvalue weighted by molar-refractivity contribution is 0.856. The molecule has 2 aromatic rings. The zero-order chi connectivity index (χ0) is 14.3. The minimum Gasteiger partial charge on any atom is -0.259 e. The molecule has 1 unspecified atom stereocenters. The van der Waals surface area contributed by atoms with E-state index in [1.165, 1.54) is 32.4 Å². The van der Waals surface area contributed by atoms with E-state index in [-0.39, 0.29) is 0 Å². The van der Waals surface area contributed by atoms with E-state index in [2.05, 4.69) is 68.9 Å². The lowest BCUT2D eigenvalue weighted by Gasteiger charge is -2.16. The molecular formula is C17H17Br2N. The number of halogens is 2. The Morgan fingerprint density at radius 1 is 1.15 bits per heavy atom. The van der Waals surface area contributed by atoms with Gasteiger partial charge in [0.25, 0.3) is 0 Å². The first kappa shape index (κ1) is 14.3. The van der Waals surface area contributed by atoms with Crippen molar-refractivity contribution in [1.29, 1.82) is 0 Å². The van der Waals surface area contributed by atoms with Gasteiger partial charge in [0.15, 0.2) is 0 Å². The molecular weight excluding hydrogens is 378 g/mol. The van der Waals surface area contributed by atoms with E-state index in [0.717, 1.165) is 23.7 Å². The van der Waals surface area contributed by atoms with Crippen molar-refractivity contribution >= 4 is 31.9 Å². The summed E-state index contributed by atoms with van der Waals surface area (Å²) in [4.78, 5) is 4.67. The van der Waals surface area contributed by atoms with Crippen LogP contribution in [0.5, 0.6) is 0 Å². The Kier molecular flexibility index (Phi) is 4.00. The highest BCUT2D eigenvalue weighted by atomic mass is 79.9. The maximum absolute atomic E-state index is 4.67. The normalized spacial score (nSPS) is 17.3. The highest BCUT2D eigenvalue weighted by Crippen LogP contribution is 2.36. The number of aryl methyl sites for hydroxylation is 3. The Hall–Kier alpha value is -0.670. The van der Waals surface area contributed by atoms with Gasteiger partial charge in [-0.2, -0.15) is 0 Å². The average molecular weight is 395 g/mol. The van der Waals surface area contributed by atoms with Crippen molar-refractivity contribution in [1.82, 2.24) is 4.98 Å². The van der Waals surface area contributed by atoms with Crippen molar-refractivity contribution in [3.63, 3.8) is 0 Å². The lowest BCUT2D eigenvalue weighted by Crippen LogP contribution is -2.03. The van der Waals surface area contributed by atoms with Gasteiger partial charge in [0, 0.05) is 21.1 Å². The van der Waals surface area contributed by atoms with Crippen LogP contribution in [0.15, 0.2) is 33.3 Å². The third kappa shape index (κ3) is 2.46. The monoisotopic (exact) mass is 393 g/mol. The van der Waals surface area contributed by atoms with Gasteiger partial charge in [0.2, 0.25) is 0 Å². The van der Waals surface area contributed by atoms with Crippen molar-refractivity contribution in [2.24, 2.45) is 0 Å². The Bertz CT molecular complexity index is 664. The predicted octanol–water partition coefficient (Wildman–Crippen LogP) is 5.42. The Morgan fingerprint density at radius 3 is 2.65 bits per heavy atom. The van der Waals surface area contributed by atoms with Crippen molar-refractivity contribution in [3.8, 4) is 0 Å². The molecule has 0 spiro atoms. The van der Waals surface area contributed by atoms with Crippen LogP contribution in [0, 0.1) is 0 Å². The molecule has 1 aliphatic carbocycles. The van der Waals surface area contributed by atoms with E-state index in [0.29, 0.717) is 5.92 Å². The molecule has 1 aliphatic rings. The SMILES string of the molecule is CCc1cc2c(cc1Br)C(C)c1ncc(Br)cc1CC2. The van der Waals surface area contributed by atoms with Crippen LogP contribution in [0.25, 0.3) is 0 Å². The minimum atomic E-state index is 0.359. The van der Waals surface area contributed by atoms with Crippen molar-refractivity contribution in [3.05, 3.63) is 61.3 Å². The van der Waals surface area contributed by atoms with Crippen LogP contribution >= 0.6 is 31.9 Å². The van der Waals surface area contributed by atoms with Gasteiger partial charge in [-0.3, -0.25) is 4.98 Å². The molecule has 1 atom stereocenters. The first-order valence-electron chi connectivity index (χ1n) is 7.05. The van der Waals surface area contributed by atoms with Crippen molar-refractivity contribution < 1.29 is 0 Å². The maximum Gasteiger partial charge on any atom is 0.0508 e. The highest BCUT2D eigenvalue weighted by molar-refractivity contribution is 9.10. The van der Waals surface area contributed by atoms with Gasteiger partial charge in [-0.25, -0.2) is 0 Å². The van der Waals surface area contributed by atoms with E-state index >= 15 is 0 Å². The van der Waals surface area contributed by atoms with Gasteiger partial charge in [-0.15, -0.1) is 0 Å². The third-order valence-electron chi connectivity index (χ3n) is 4.20. The van der Waals surface area contributed by atoms with Gasteiger partial charge >= 0.3 is 0 Å². The zero-order valence-corrected chi connectivity index (χ0v) is 14.9. The molecule has 0 saturated carbocycles. The van der Waals surface area contributed by atoms with Gasteiger partial charge in [0.1, 0.15) is 0 Å². The molecule has 3 heteroatoms. The number of fused-ring (bicyclic) bond motifs is 2. The van der Waals surface area contributed by atoms with Crippen LogP contribution < -0.4 is 0 Å². The fraction of sp³-hybridized carbons (Fsp3) is 0.353. The number of rotatable bonds is 1. The van der Waals surface area contributed by atoms with E-state index in [4.69, 9.17) is 0 Å². The number of benzene rings is 1. The minimum absolute atomic E-state index is 0.359. The molecule has 1 heterocycles. The van der Waals surface area contributed by atoms with E-state index in [9.17, 15) is 0 Å². The number of hydrogen-bond donors (Lipinski definition) is 0. The van der Waals surface area contributed by atoms with Gasteiger partial charge in [0.05, 0.1) is 5.69 Å². The summed E-state index contributed by atoms with van der Waals surface area (Å²) in [6, 6.07) is 6.90. The predicted molar refractivity (Wildman–Crippen MR) is 90.4 cm³/mol. The molecule has 0 saturated heterocycles. The zero-order valence-electron chi connectivity index (χ0n) is 11.7. The summed E-state index contributed by atoms with van der Waals surface area (Å²) in [7, 11) is 0. The van der Waals surface area contributed by atoms with Gasteiger partial charge < -0.3 is 0 Å². The smallest absolute Gasteiger partial charge is 0.0508 e. The van der Waals surface area contributed by atoms with Crippen LogP contribution in [0.2, 0.25) is 0 Å². The van der Waals surface area contributed by atoms with Gasteiger partial charge in [-0.1, -0.05) is 35.8 Å². The highest BCUT2D eigenvalue weighted by Gasteiger charge is 2.22. The maximum atomic E-state index is 4.67. The number of pyridine rings is 1. The summed E-state index contributed by atoms with van der Waals surface area (Å²) < 4.78 is 2.30. The largest absolute Gasteiger partial charge is 0.259 e. The Labute approximate surface area is 137 Å². The van der Waals surface area contributed by atoms with E-state index < -0.39 is 0 Å². The number of hydrogen-bond acceptors (Lipinski definition) is 1. The second-order valence-electron chi connectivity index (χ2n) is 5.42. The van der Waals surface area contributed by atoms with Crippen LogP contribution in [0.4, 0.5) is 0 Å². The van der Waals surface area contributed by atoms with Crippen LogP contribution in [0.3, 0.4) is 0 Å². The standard InChI is InChI=1S/C17H17Br2N/c1-3-11-6-12-4-5-13-7-14(18)9-20-17(13)10(2)15(12)8-16(11)19/h6-10H,3-5H2,1-2H3. The second-order valence-corrected chi connectivity index (χ2v) is 7.19. The molecule has 0 bridgehead atoms. The van der Waals surface area contributed by atoms with E-state index in [1.54, 1.807) is 0 Å². The summed E-state index contributed by atoms with van der Waals surface area (Å²) >= 11 is 7.25. The van der Waals surface area contributed by atoms with Crippen LogP contribution in [0.1, 0.15) is 47.7 Å². The number of aromatic nitrogens is 1. The molecule has 1 aromatic heterocycles. The number of nitrogens with zero attached hydrogens (tertiary/aromatic N) is 1. The molecule has 0 aliphatic heterocycles. The topological polar surface area (TPSA) is 12.9 Å². The Balaban J connectivity index is 2.14. The summed E-state index contributed by atoms with van der Waals surface area (Å²) in [5, 5.41) is 0. The second kappa shape index (κ2) is 5.61. The lowest BCUT2D eigenvalue weighted by atomic mass is 9.91. The van der Waals surface area contributed by atoms with Crippen LogP contribution in [-0.4, -0.2) is 4.98 Å². The fourth-order valence-electron chi connectivity index (χ4n) is 3.07. The summed E-state index contributed by atoms with van der Waals surface area (Å²) in [6.07, 6.45) is 5.16. The van der Waals surface area contributed by atoms with Crippen LogP contribution in [-0.2, 0) is 19.3 Å². The quantitative estimate of drug-likeness (QED) is 0.629. The third-order valence-corrected chi connectivity index (χ3v) is 5.37. The molecule has 0 N–H and O–H groups in total. The molecule has 0 fully saturated rings. The molecule has 20 heavy (non-hydrogen) atoms. The summed E-state index contributed by atoms with van der Waals surface area (Å²) in [5.74, 6) is 0.359.